The first-order valence-corrected chi connectivity index (χ1v) is 8.84. The third-order valence-electron chi connectivity index (χ3n) is 4.81. The molecule has 1 heterocycles. The summed E-state index contributed by atoms with van der Waals surface area (Å²) in [5.41, 5.74) is 4.36. The SMILES string of the molecule is C=C1N(Cc2ccccc2)c2ccccc2N1CC(O)c1ccccc1. The van der Waals surface area contributed by atoms with Crippen LogP contribution in [0.1, 0.15) is 17.2 Å². The minimum Gasteiger partial charge on any atom is -0.387 e. The van der Waals surface area contributed by atoms with Crippen LogP contribution in [0.3, 0.4) is 0 Å². The first-order valence-electron chi connectivity index (χ1n) is 8.84. The minimum absolute atomic E-state index is 0.477. The molecule has 0 bridgehead atoms. The van der Waals surface area contributed by atoms with Crippen molar-refractivity contribution in [2.24, 2.45) is 0 Å². The molecule has 0 aromatic heterocycles. The molecule has 3 nitrogen and oxygen atoms in total. The largest absolute Gasteiger partial charge is 0.387 e. The number of rotatable bonds is 5. The lowest BCUT2D eigenvalue weighted by Gasteiger charge is -2.26. The third-order valence-corrected chi connectivity index (χ3v) is 4.81. The second kappa shape index (κ2) is 7.06. The lowest BCUT2D eigenvalue weighted by Crippen LogP contribution is -2.30. The maximum absolute atomic E-state index is 10.7. The summed E-state index contributed by atoms with van der Waals surface area (Å²) in [6, 6.07) is 28.4. The van der Waals surface area contributed by atoms with Crippen LogP contribution in [-0.4, -0.2) is 11.7 Å². The zero-order chi connectivity index (χ0) is 17.9. The highest BCUT2D eigenvalue weighted by Gasteiger charge is 2.31. The number of hydrogen-bond acceptors (Lipinski definition) is 3. The van der Waals surface area contributed by atoms with Crippen LogP contribution in [0.25, 0.3) is 0 Å². The van der Waals surface area contributed by atoms with E-state index < -0.39 is 6.10 Å². The van der Waals surface area contributed by atoms with E-state index in [1.807, 2.05) is 48.5 Å². The van der Waals surface area contributed by atoms with Gasteiger partial charge in [-0.05, 0) is 23.3 Å². The van der Waals surface area contributed by atoms with Crippen molar-refractivity contribution in [3.05, 3.63) is 108 Å². The molecule has 0 amide bonds. The molecule has 1 N–H and O–H groups in total. The number of fused-ring (bicyclic) bond motifs is 1. The maximum atomic E-state index is 10.7. The van der Waals surface area contributed by atoms with Gasteiger partial charge in [-0.3, -0.25) is 0 Å². The Balaban J connectivity index is 1.61. The van der Waals surface area contributed by atoms with Crippen molar-refractivity contribution in [1.82, 2.24) is 0 Å². The second-order valence-corrected chi connectivity index (χ2v) is 6.51. The molecule has 3 aromatic carbocycles. The second-order valence-electron chi connectivity index (χ2n) is 6.51. The third kappa shape index (κ3) is 3.09. The molecule has 3 heteroatoms. The standard InChI is InChI=1S/C23H22N2O/c1-18-24(16-19-10-4-2-5-11-19)21-14-8-9-15-22(21)25(18)17-23(26)20-12-6-3-7-13-20/h2-15,23,26H,1,16-17H2. The Labute approximate surface area is 154 Å². The number of aliphatic hydroxyl groups is 1. The van der Waals surface area contributed by atoms with Gasteiger partial charge in [0.25, 0.3) is 0 Å². The zero-order valence-corrected chi connectivity index (χ0v) is 14.6. The zero-order valence-electron chi connectivity index (χ0n) is 14.6. The molecule has 1 unspecified atom stereocenters. The van der Waals surface area contributed by atoms with Crippen LogP contribution >= 0.6 is 0 Å². The Bertz CT molecular complexity index is 892. The van der Waals surface area contributed by atoms with E-state index in [0.29, 0.717) is 6.54 Å². The van der Waals surface area contributed by atoms with Crippen LogP contribution in [-0.2, 0) is 6.54 Å². The smallest absolute Gasteiger partial charge is 0.106 e. The van der Waals surface area contributed by atoms with Gasteiger partial charge in [0.05, 0.1) is 24.0 Å². The van der Waals surface area contributed by atoms with E-state index in [4.69, 9.17) is 0 Å². The highest BCUT2D eigenvalue weighted by atomic mass is 16.3. The van der Waals surface area contributed by atoms with Gasteiger partial charge in [-0.25, -0.2) is 0 Å². The molecule has 1 atom stereocenters. The van der Waals surface area contributed by atoms with Crippen LogP contribution in [0.5, 0.6) is 0 Å². The Morgan fingerprint density at radius 1 is 0.731 bits per heavy atom. The van der Waals surface area contributed by atoms with E-state index in [0.717, 1.165) is 29.3 Å². The fourth-order valence-corrected chi connectivity index (χ4v) is 3.44. The minimum atomic E-state index is -0.572. The van der Waals surface area contributed by atoms with E-state index in [1.54, 1.807) is 0 Å². The molecule has 1 aliphatic rings. The summed E-state index contributed by atoms with van der Waals surface area (Å²) in [4.78, 5) is 4.32. The summed E-state index contributed by atoms with van der Waals surface area (Å²) < 4.78 is 0. The number of anilines is 2. The Hall–Kier alpha value is -3.04. The molecule has 0 aliphatic carbocycles. The summed E-state index contributed by atoms with van der Waals surface area (Å²) in [6.45, 7) is 5.55. The fraction of sp³-hybridized carbons (Fsp3) is 0.130. The van der Waals surface area contributed by atoms with E-state index in [1.165, 1.54) is 5.56 Å². The number of β-amino-alcohol motifs (C(OH)–C–C–N with tert-alkyl or cyclic N) is 1. The molecule has 0 saturated carbocycles. The topological polar surface area (TPSA) is 26.7 Å². The number of para-hydroxylation sites is 2. The maximum Gasteiger partial charge on any atom is 0.106 e. The van der Waals surface area contributed by atoms with Gasteiger partial charge in [0.2, 0.25) is 0 Å². The van der Waals surface area contributed by atoms with Gasteiger partial charge in [0.15, 0.2) is 0 Å². The molecule has 0 spiro atoms. The number of hydrogen-bond donors (Lipinski definition) is 1. The molecular formula is C23H22N2O. The van der Waals surface area contributed by atoms with Gasteiger partial charge in [0.1, 0.15) is 5.82 Å². The van der Waals surface area contributed by atoms with Crippen LogP contribution < -0.4 is 9.80 Å². The average molecular weight is 342 g/mol. The first kappa shape index (κ1) is 16.4. The number of nitrogens with zero attached hydrogens (tertiary/aromatic N) is 2. The van der Waals surface area contributed by atoms with Crippen molar-refractivity contribution < 1.29 is 5.11 Å². The first-order chi connectivity index (χ1) is 12.7. The van der Waals surface area contributed by atoms with E-state index >= 15 is 0 Å². The highest BCUT2D eigenvalue weighted by Crippen LogP contribution is 2.42. The lowest BCUT2D eigenvalue weighted by atomic mass is 10.1. The predicted molar refractivity (Wildman–Crippen MR) is 107 cm³/mol. The molecule has 0 saturated heterocycles. The molecule has 130 valence electrons. The van der Waals surface area contributed by atoms with Crippen molar-refractivity contribution in [2.75, 3.05) is 16.3 Å². The quantitative estimate of drug-likeness (QED) is 0.727. The van der Waals surface area contributed by atoms with Crippen molar-refractivity contribution in [1.29, 1.82) is 0 Å². The Kier molecular flexibility index (Phi) is 4.46. The van der Waals surface area contributed by atoms with Gasteiger partial charge >= 0.3 is 0 Å². The Morgan fingerprint density at radius 3 is 1.92 bits per heavy atom. The Morgan fingerprint density at radius 2 is 1.27 bits per heavy atom. The lowest BCUT2D eigenvalue weighted by molar-refractivity contribution is 0.185. The van der Waals surface area contributed by atoms with Crippen LogP contribution in [0, 0.1) is 0 Å². The van der Waals surface area contributed by atoms with Gasteiger partial charge in [-0.2, -0.15) is 0 Å². The van der Waals surface area contributed by atoms with Crippen molar-refractivity contribution in [2.45, 2.75) is 12.6 Å². The number of benzene rings is 3. The van der Waals surface area contributed by atoms with Crippen molar-refractivity contribution in [3.8, 4) is 0 Å². The van der Waals surface area contributed by atoms with Gasteiger partial charge in [-0.1, -0.05) is 79.4 Å². The van der Waals surface area contributed by atoms with E-state index in [2.05, 4.69) is 52.8 Å². The normalized spacial score (nSPS) is 14.4. The molecule has 26 heavy (non-hydrogen) atoms. The van der Waals surface area contributed by atoms with E-state index in [9.17, 15) is 5.11 Å². The summed E-state index contributed by atoms with van der Waals surface area (Å²) in [5.74, 6) is 0.894. The van der Waals surface area contributed by atoms with Crippen molar-refractivity contribution in [3.63, 3.8) is 0 Å². The summed E-state index contributed by atoms with van der Waals surface area (Å²) in [7, 11) is 0. The predicted octanol–water partition coefficient (Wildman–Crippen LogP) is 4.72. The summed E-state index contributed by atoms with van der Waals surface area (Å²) in [6.07, 6.45) is -0.572. The summed E-state index contributed by atoms with van der Waals surface area (Å²) in [5, 5.41) is 10.7. The molecule has 4 rings (SSSR count). The van der Waals surface area contributed by atoms with Gasteiger partial charge in [-0.15, -0.1) is 0 Å². The van der Waals surface area contributed by atoms with Gasteiger partial charge in [0, 0.05) is 6.54 Å². The molecule has 0 fully saturated rings. The summed E-state index contributed by atoms with van der Waals surface area (Å²) >= 11 is 0. The average Bonchev–Trinajstić information content (AvgIpc) is 2.95. The molecule has 0 radical (unpaired) electrons. The fourth-order valence-electron chi connectivity index (χ4n) is 3.44. The van der Waals surface area contributed by atoms with Crippen molar-refractivity contribution >= 4 is 11.4 Å². The molecule has 3 aromatic rings. The van der Waals surface area contributed by atoms with Crippen LogP contribution in [0.2, 0.25) is 0 Å². The molecule has 1 aliphatic heterocycles. The van der Waals surface area contributed by atoms with Crippen LogP contribution in [0.15, 0.2) is 97.3 Å². The highest BCUT2D eigenvalue weighted by molar-refractivity contribution is 5.82. The molecular weight excluding hydrogens is 320 g/mol. The van der Waals surface area contributed by atoms with Gasteiger partial charge < -0.3 is 14.9 Å². The number of aliphatic hydroxyl groups excluding tert-OH is 1. The van der Waals surface area contributed by atoms with E-state index in [-0.39, 0.29) is 0 Å². The van der Waals surface area contributed by atoms with Crippen LogP contribution in [0.4, 0.5) is 11.4 Å². The monoisotopic (exact) mass is 342 g/mol.